The number of rotatable bonds is 6. The van der Waals surface area contributed by atoms with E-state index < -0.39 is 0 Å². The molecule has 2 aromatic carbocycles. The molecule has 110 valence electrons. The zero-order chi connectivity index (χ0) is 14.7. The van der Waals surface area contributed by atoms with Crippen LogP contribution in [0.4, 0.5) is 0 Å². The Labute approximate surface area is 127 Å². The Bertz CT molecular complexity index is 563. The highest BCUT2D eigenvalue weighted by atomic mass is 16.2. The fraction of sp³-hybridized carbons (Fsp3) is 0.368. The van der Waals surface area contributed by atoms with E-state index in [1.807, 2.05) is 0 Å². The molecule has 0 aliphatic heterocycles. The Balaban J connectivity index is 1.84. The van der Waals surface area contributed by atoms with Crippen molar-refractivity contribution in [3.8, 4) is 11.1 Å². The highest BCUT2D eigenvalue weighted by Crippen LogP contribution is 2.45. The maximum absolute atomic E-state index is 8.89. The summed E-state index contributed by atoms with van der Waals surface area (Å²) in [4.78, 5) is 2.45. The molecule has 2 nitrogen and oxygen atoms in total. The van der Waals surface area contributed by atoms with Crippen LogP contribution in [0.15, 0.2) is 48.5 Å². The van der Waals surface area contributed by atoms with Crippen molar-refractivity contribution in [1.29, 1.82) is 0 Å². The molecule has 0 heterocycles. The Morgan fingerprint density at radius 2 is 1.43 bits per heavy atom. The molecule has 3 rings (SSSR count). The van der Waals surface area contributed by atoms with Crippen LogP contribution in [-0.4, -0.2) is 30.2 Å². The second-order valence-corrected chi connectivity index (χ2v) is 5.84. The van der Waals surface area contributed by atoms with Gasteiger partial charge in [-0.1, -0.05) is 48.5 Å². The lowest BCUT2D eigenvalue weighted by Crippen LogP contribution is -2.25. The molecule has 0 amide bonds. The van der Waals surface area contributed by atoms with Gasteiger partial charge in [-0.05, 0) is 55.1 Å². The van der Waals surface area contributed by atoms with E-state index in [9.17, 15) is 0 Å². The van der Waals surface area contributed by atoms with E-state index in [1.54, 1.807) is 0 Å². The second-order valence-electron chi connectivity index (χ2n) is 5.84. The van der Waals surface area contributed by atoms with Crippen molar-refractivity contribution in [3.05, 3.63) is 59.7 Å². The standard InChI is InChI=1S/C19H23NO/c1-20(13-7-2-8-14-21)19-17-11-5-3-9-15(17)16-10-4-6-12-18(16)19/h3-6,9-12,19,21H,2,7-8,13-14H2,1H3. The zero-order valence-corrected chi connectivity index (χ0v) is 12.6. The minimum Gasteiger partial charge on any atom is -0.396 e. The van der Waals surface area contributed by atoms with Gasteiger partial charge in [0.2, 0.25) is 0 Å². The average Bonchev–Trinajstić information content (AvgIpc) is 2.86. The lowest BCUT2D eigenvalue weighted by molar-refractivity contribution is 0.257. The van der Waals surface area contributed by atoms with Crippen LogP contribution in [0.3, 0.4) is 0 Å². The molecule has 0 spiro atoms. The first-order valence-electron chi connectivity index (χ1n) is 7.82. The van der Waals surface area contributed by atoms with Gasteiger partial charge in [0.05, 0.1) is 6.04 Å². The van der Waals surface area contributed by atoms with Crippen molar-refractivity contribution in [3.63, 3.8) is 0 Å². The highest BCUT2D eigenvalue weighted by Gasteiger charge is 2.30. The Hall–Kier alpha value is -1.64. The summed E-state index contributed by atoms with van der Waals surface area (Å²) in [6.07, 6.45) is 3.14. The van der Waals surface area contributed by atoms with Crippen molar-refractivity contribution in [2.45, 2.75) is 25.3 Å². The monoisotopic (exact) mass is 281 g/mol. The molecule has 0 atom stereocenters. The van der Waals surface area contributed by atoms with Crippen LogP contribution in [0.1, 0.15) is 36.4 Å². The number of unbranched alkanes of at least 4 members (excludes halogenated alkanes) is 2. The third kappa shape index (κ3) is 2.74. The molecule has 21 heavy (non-hydrogen) atoms. The van der Waals surface area contributed by atoms with Crippen molar-refractivity contribution >= 4 is 0 Å². The highest BCUT2D eigenvalue weighted by molar-refractivity contribution is 5.78. The van der Waals surface area contributed by atoms with Gasteiger partial charge in [0.15, 0.2) is 0 Å². The SMILES string of the molecule is CN(CCCCCO)C1c2ccccc2-c2ccccc21. The van der Waals surface area contributed by atoms with Crippen LogP contribution < -0.4 is 0 Å². The van der Waals surface area contributed by atoms with Crippen LogP contribution in [-0.2, 0) is 0 Å². The Kier molecular flexibility index (Phi) is 4.37. The lowest BCUT2D eigenvalue weighted by atomic mass is 10.0. The van der Waals surface area contributed by atoms with Gasteiger partial charge < -0.3 is 5.11 Å². The van der Waals surface area contributed by atoms with E-state index in [0.717, 1.165) is 25.8 Å². The number of benzene rings is 2. The van der Waals surface area contributed by atoms with Gasteiger partial charge in [-0.15, -0.1) is 0 Å². The second kappa shape index (κ2) is 6.42. The first-order chi connectivity index (χ1) is 10.3. The molecule has 0 aromatic heterocycles. The van der Waals surface area contributed by atoms with E-state index in [0.29, 0.717) is 12.6 Å². The summed E-state index contributed by atoms with van der Waals surface area (Å²) in [6.45, 7) is 1.37. The normalized spacial score (nSPS) is 13.5. The van der Waals surface area contributed by atoms with Crippen molar-refractivity contribution in [2.24, 2.45) is 0 Å². The number of aliphatic hydroxyl groups excluding tert-OH is 1. The molecule has 1 aliphatic rings. The molecule has 1 aliphatic carbocycles. The number of fused-ring (bicyclic) bond motifs is 3. The molecule has 0 unspecified atom stereocenters. The maximum atomic E-state index is 8.89. The predicted octanol–water partition coefficient (Wildman–Crippen LogP) is 3.85. The molecule has 0 saturated heterocycles. The summed E-state index contributed by atoms with van der Waals surface area (Å²) in [5.74, 6) is 0. The van der Waals surface area contributed by atoms with E-state index in [-0.39, 0.29) is 0 Å². The summed E-state index contributed by atoms with van der Waals surface area (Å²) < 4.78 is 0. The Morgan fingerprint density at radius 3 is 2.00 bits per heavy atom. The van der Waals surface area contributed by atoms with E-state index in [2.05, 4.69) is 60.5 Å². The van der Waals surface area contributed by atoms with Crippen molar-refractivity contribution < 1.29 is 5.11 Å². The number of aliphatic hydroxyl groups is 1. The lowest BCUT2D eigenvalue weighted by Gasteiger charge is -2.26. The predicted molar refractivity (Wildman–Crippen MR) is 87.3 cm³/mol. The molecule has 2 heteroatoms. The van der Waals surface area contributed by atoms with Gasteiger partial charge in [-0.3, -0.25) is 4.90 Å². The third-order valence-electron chi connectivity index (χ3n) is 4.41. The van der Waals surface area contributed by atoms with Gasteiger partial charge >= 0.3 is 0 Å². The average molecular weight is 281 g/mol. The van der Waals surface area contributed by atoms with E-state index >= 15 is 0 Å². The quantitative estimate of drug-likeness (QED) is 0.813. The van der Waals surface area contributed by atoms with Crippen LogP contribution in [0.5, 0.6) is 0 Å². The fourth-order valence-electron chi connectivity index (χ4n) is 3.38. The minimum atomic E-state index is 0.304. The Morgan fingerprint density at radius 1 is 0.857 bits per heavy atom. The maximum Gasteiger partial charge on any atom is 0.0611 e. The topological polar surface area (TPSA) is 23.5 Å². The van der Waals surface area contributed by atoms with Crippen LogP contribution in [0, 0.1) is 0 Å². The molecule has 0 radical (unpaired) electrons. The molecular weight excluding hydrogens is 258 g/mol. The van der Waals surface area contributed by atoms with Crippen molar-refractivity contribution in [1.82, 2.24) is 4.90 Å². The largest absolute Gasteiger partial charge is 0.396 e. The molecule has 0 fully saturated rings. The van der Waals surface area contributed by atoms with E-state index in [4.69, 9.17) is 5.11 Å². The fourth-order valence-corrected chi connectivity index (χ4v) is 3.38. The smallest absolute Gasteiger partial charge is 0.0611 e. The molecule has 2 aromatic rings. The summed E-state index contributed by atoms with van der Waals surface area (Å²) in [5, 5.41) is 8.89. The molecule has 1 N–H and O–H groups in total. The van der Waals surface area contributed by atoms with Crippen LogP contribution in [0.2, 0.25) is 0 Å². The van der Waals surface area contributed by atoms with Crippen molar-refractivity contribution in [2.75, 3.05) is 20.2 Å². The summed E-state index contributed by atoms with van der Waals surface area (Å²) in [6, 6.07) is 17.9. The first-order valence-corrected chi connectivity index (χ1v) is 7.82. The van der Waals surface area contributed by atoms with E-state index in [1.165, 1.54) is 22.3 Å². The van der Waals surface area contributed by atoms with Gasteiger partial charge in [-0.25, -0.2) is 0 Å². The molecule has 0 bridgehead atoms. The number of hydrogen-bond acceptors (Lipinski definition) is 2. The van der Waals surface area contributed by atoms with Gasteiger partial charge in [-0.2, -0.15) is 0 Å². The van der Waals surface area contributed by atoms with Gasteiger partial charge in [0.1, 0.15) is 0 Å². The summed E-state index contributed by atoms with van der Waals surface area (Å²) >= 11 is 0. The van der Waals surface area contributed by atoms with Gasteiger partial charge in [0, 0.05) is 6.61 Å². The molecule has 0 saturated carbocycles. The third-order valence-corrected chi connectivity index (χ3v) is 4.41. The van der Waals surface area contributed by atoms with Crippen LogP contribution >= 0.6 is 0 Å². The van der Waals surface area contributed by atoms with Gasteiger partial charge in [0.25, 0.3) is 0 Å². The zero-order valence-electron chi connectivity index (χ0n) is 12.6. The minimum absolute atomic E-state index is 0.304. The number of hydrogen-bond donors (Lipinski definition) is 1. The summed E-state index contributed by atoms with van der Waals surface area (Å²) in [7, 11) is 2.21. The summed E-state index contributed by atoms with van der Waals surface area (Å²) in [5.41, 5.74) is 5.59. The molecular formula is C19H23NO. The number of nitrogens with zero attached hydrogens (tertiary/aromatic N) is 1. The van der Waals surface area contributed by atoms with Crippen LogP contribution in [0.25, 0.3) is 11.1 Å². The first kappa shape index (κ1) is 14.3.